The minimum absolute atomic E-state index is 0.436. The van der Waals surface area contributed by atoms with Crippen molar-refractivity contribution in [1.82, 2.24) is 9.88 Å². The number of nitrogens with one attached hydrogen (secondary N) is 1. The molecule has 0 fully saturated rings. The molecule has 1 unspecified atom stereocenters. The molecule has 0 spiro atoms. The maximum Gasteiger partial charge on any atom is 0.106 e. The Bertz CT molecular complexity index is 565. The highest BCUT2D eigenvalue weighted by molar-refractivity contribution is 7.16. The Morgan fingerprint density at radius 1 is 1.47 bits per heavy atom. The number of nitrogens with zero attached hydrogens (tertiary/aromatic N) is 2. The first-order valence-electron chi connectivity index (χ1n) is 6.12. The van der Waals surface area contributed by atoms with Crippen LogP contribution in [0.25, 0.3) is 10.2 Å². The fourth-order valence-corrected chi connectivity index (χ4v) is 2.82. The van der Waals surface area contributed by atoms with E-state index in [-0.39, 0.29) is 0 Å². The van der Waals surface area contributed by atoms with E-state index in [0.717, 1.165) is 15.9 Å². The molecule has 1 heterocycles. The van der Waals surface area contributed by atoms with Crippen molar-refractivity contribution in [2.45, 2.75) is 12.5 Å². The monoisotopic (exact) mass is 280 g/mol. The van der Waals surface area contributed by atoms with Crippen LogP contribution < -0.4 is 11.1 Å². The van der Waals surface area contributed by atoms with Gasteiger partial charge in [0, 0.05) is 13.1 Å². The highest BCUT2D eigenvalue weighted by Gasteiger charge is 2.21. The van der Waals surface area contributed by atoms with E-state index in [1.54, 1.807) is 23.8 Å². The number of hydrogen-bond donors (Lipinski definition) is 3. The molecular weight excluding hydrogens is 260 g/mol. The summed E-state index contributed by atoms with van der Waals surface area (Å²) in [6.07, 6.45) is 0. The van der Waals surface area contributed by atoms with Gasteiger partial charge in [-0.15, -0.1) is 11.3 Å². The van der Waals surface area contributed by atoms with Gasteiger partial charge in [-0.2, -0.15) is 0 Å². The Hall–Kier alpha value is -1.37. The summed E-state index contributed by atoms with van der Waals surface area (Å²) in [6.45, 7) is 2.82. The van der Waals surface area contributed by atoms with Gasteiger partial charge in [-0.05, 0) is 33.2 Å². The summed E-state index contributed by atoms with van der Waals surface area (Å²) >= 11 is 1.57. The van der Waals surface area contributed by atoms with Crippen LogP contribution in [-0.4, -0.2) is 47.8 Å². The Morgan fingerprint density at radius 3 is 2.89 bits per heavy atom. The average Bonchev–Trinajstić information content (AvgIpc) is 2.75. The zero-order chi connectivity index (χ0) is 14.0. The number of likely N-dealkylation sites (N-methyl/N-ethyl adjacent to an activating group) is 1. The van der Waals surface area contributed by atoms with E-state index in [2.05, 4.69) is 10.3 Å². The standard InChI is InChI=1S/C13H20N4OS/c1-13(18,7-17(2)3)6-15-9-4-5-10-12(11(9)14)16-8-19-10/h4-5,8,15,18H,6-7,14H2,1-3H3. The van der Waals surface area contributed by atoms with Crippen molar-refractivity contribution < 1.29 is 5.11 Å². The van der Waals surface area contributed by atoms with E-state index < -0.39 is 5.60 Å². The first-order valence-corrected chi connectivity index (χ1v) is 7.00. The highest BCUT2D eigenvalue weighted by Crippen LogP contribution is 2.30. The summed E-state index contributed by atoms with van der Waals surface area (Å²) in [7, 11) is 3.87. The molecule has 5 nitrogen and oxygen atoms in total. The van der Waals surface area contributed by atoms with Gasteiger partial charge in [0.1, 0.15) is 5.52 Å². The van der Waals surface area contributed by atoms with Gasteiger partial charge >= 0.3 is 0 Å². The van der Waals surface area contributed by atoms with Gasteiger partial charge in [0.15, 0.2) is 0 Å². The zero-order valence-electron chi connectivity index (χ0n) is 11.5. The van der Waals surface area contributed by atoms with Gasteiger partial charge in [-0.1, -0.05) is 0 Å². The van der Waals surface area contributed by atoms with Gasteiger partial charge in [0.05, 0.1) is 27.2 Å². The molecule has 2 aromatic rings. The number of hydrogen-bond acceptors (Lipinski definition) is 6. The largest absolute Gasteiger partial charge is 0.395 e. The Balaban J connectivity index is 2.11. The molecule has 104 valence electrons. The van der Waals surface area contributed by atoms with Crippen molar-refractivity contribution in [2.24, 2.45) is 0 Å². The third-order valence-electron chi connectivity index (χ3n) is 2.86. The first-order chi connectivity index (χ1) is 8.89. The van der Waals surface area contributed by atoms with E-state index in [1.165, 1.54) is 0 Å². The van der Waals surface area contributed by atoms with Crippen LogP contribution in [0.4, 0.5) is 11.4 Å². The maximum absolute atomic E-state index is 10.3. The third kappa shape index (κ3) is 3.34. The smallest absolute Gasteiger partial charge is 0.106 e. The minimum Gasteiger partial charge on any atom is -0.395 e. The molecule has 19 heavy (non-hydrogen) atoms. The van der Waals surface area contributed by atoms with Crippen molar-refractivity contribution in [3.8, 4) is 0 Å². The molecule has 1 aromatic carbocycles. The predicted molar refractivity (Wildman–Crippen MR) is 81.7 cm³/mol. The Labute approximate surface area is 117 Å². The molecule has 0 saturated heterocycles. The van der Waals surface area contributed by atoms with Gasteiger partial charge in [-0.25, -0.2) is 4.98 Å². The molecule has 0 aliphatic carbocycles. The number of nitrogens with two attached hydrogens (primary N) is 1. The molecule has 0 bridgehead atoms. The molecule has 0 aliphatic rings. The van der Waals surface area contributed by atoms with Crippen molar-refractivity contribution in [1.29, 1.82) is 0 Å². The van der Waals surface area contributed by atoms with Crippen LogP contribution in [0.5, 0.6) is 0 Å². The number of rotatable bonds is 5. The molecule has 2 rings (SSSR count). The lowest BCUT2D eigenvalue weighted by atomic mass is 10.1. The lowest BCUT2D eigenvalue weighted by Gasteiger charge is -2.27. The van der Waals surface area contributed by atoms with Crippen molar-refractivity contribution in [3.63, 3.8) is 0 Å². The summed E-state index contributed by atoms with van der Waals surface area (Å²) in [5.41, 5.74) is 9.33. The van der Waals surface area contributed by atoms with Crippen molar-refractivity contribution in [2.75, 3.05) is 38.2 Å². The number of thiazole rings is 1. The fourth-order valence-electron chi connectivity index (χ4n) is 2.13. The lowest BCUT2D eigenvalue weighted by Crippen LogP contribution is -2.43. The summed E-state index contributed by atoms with van der Waals surface area (Å²) in [5.74, 6) is 0. The maximum atomic E-state index is 10.3. The molecule has 4 N–H and O–H groups in total. The van der Waals surface area contributed by atoms with Gasteiger partial charge < -0.3 is 21.1 Å². The Morgan fingerprint density at radius 2 is 2.21 bits per heavy atom. The minimum atomic E-state index is -0.813. The van der Waals surface area contributed by atoms with E-state index in [9.17, 15) is 5.11 Å². The molecule has 0 saturated carbocycles. The van der Waals surface area contributed by atoms with Crippen molar-refractivity contribution >= 4 is 32.9 Å². The molecule has 0 aliphatic heterocycles. The second kappa shape index (κ2) is 5.32. The average molecular weight is 280 g/mol. The van der Waals surface area contributed by atoms with E-state index in [1.807, 2.05) is 31.1 Å². The van der Waals surface area contributed by atoms with Crippen molar-refractivity contribution in [3.05, 3.63) is 17.6 Å². The van der Waals surface area contributed by atoms with E-state index >= 15 is 0 Å². The number of nitrogen functional groups attached to an aromatic ring is 1. The van der Waals surface area contributed by atoms with Crippen LogP contribution in [0.1, 0.15) is 6.92 Å². The lowest BCUT2D eigenvalue weighted by molar-refractivity contribution is 0.0460. The first kappa shape index (κ1) is 14.0. The molecule has 0 radical (unpaired) electrons. The van der Waals surface area contributed by atoms with E-state index in [4.69, 9.17) is 5.73 Å². The zero-order valence-corrected chi connectivity index (χ0v) is 12.3. The highest BCUT2D eigenvalue weighted by atomic mass is 32.1. The Kier molecular flexibility index (Phi) is 3.93. The summed E-state index contributed by atoms with van der Waals surface area (Å²) < 4.78 is 1.07. The van der Waals surface area contributed by atoms with Gasteiger partial charge in [0.2, 0.25) is 0 Å². The molecule has 1 aromatic heterocycles. The van der Waals surface area contributed by atoms with E-state index in [0.29, 0.717) is 18.8 Å². The number of aromatic nitrogens is 1. The number of aliphatic hydroxyl groups is 1. The third-order valence-corrected chi connectivity index (χ3v) is 3.65. The quantitative estimate of drug-likeness (QED) is 0.726. The number of fused-ring (bicyclic) bond motifs is 1. The topological polar surface area (TPSA) is 74.4 Å². The second-order valence-corrected chi connectivity index (χ2v) is 6.20. The molecule has 0 amide bonds. The number of anilines is 2. The van der Waals surface area contributed by atoms with Crippen LogP contribution in [0, 0.1) is 0 Å². The molecule has 6 heteroatoms. The molecule has 1 atom stereocenters. The van der Waals surface area contributed by atoms with Crippen LogP contribution in [0.2, 0.25) is 0 Å². The predicted octanol–water partition coefficient (Wildman–Crippen LogP) is 1.60. The van der Waals surface area contributed by atoms with Gasteiger partial charge in [-0.3, -0.25) is 0 Å². The van der Waals surface area contributed by atoms with Crippen LogP contribution in [0.15, 0.2) is 17.6 Å². The summed E-state index contributed by atoms with van der Waals surface area (Å²) in [4.78, 5) is 6.21. The van der Waals surface area contributed by atoms with Gasteiger partial charge in [0.25, 0.3) is 0 Å². The van der Waals surface area contributed by atoms with Crippen LogP contribution in [-0.2, 0) is 0 Å². The summed E-state index contributed by atoms with van der Waals surface area (Å²) in [6, 6.07) is 3.92. The SMILES string of the molecule is CN(C)CC(C)(O)CNc1ccc2scnc2c1N. The fraction of sp³-hybridized carbons (Fsp3) is 0.462. The normalized spacial score (nSPS) is 14.8. The molecular formula is C13H20N4OS. The van der Waals surface area contributed by atoms with Crippen LogP contribution >= 0.6 is 11.3 Å². The number of benzene rings is 1. The summed E-state index contributed by atoms with van der Waals surface area (Å²) in [5, 5.41) is 13.5. The second-order valence-electron chi connectivity index (χ2n) is 5.31. The van der Waals surface area contributed by atoms with Crippen LogP contribution in [0.3, 0.4) is 0 Å².